The zero-order valence-corrected chi connectivity index (χ0v) is 16.2. The van der Waals surface area contributed by atoms with Crippen LogP contribution in [0.15, 0.2) is 110 Å². The van der Waals surface area contributed by atoms with Crippen LogP contribution in [-0.4, -0.2) is 6.54 Å². The van der Waals surface area contributed by atoms with Crippen molar-refractivity contribution in [2.75, 3.05) is 11.9 Å². The number of hydroxylamine groups is 1. The van der Waals surface area contributed by atoms with Gasteiger partial charge in [0, 0.05) is 23.8 Å². The highest BCUT2D eigenvalue weighted by atomic mass is 16.6. The molecule has 0 fully saturated rings. The van der Waals surface area contributed by atoms with Crippen molar-refractivity contribution in [3.05, 3.63) is 115 Å². The molecule has 0 saturated heterocycles. The van der Waals surface area contributed by atoms with Crippen molar-refractivity contribution in [2.45, 2.75) is 6.42 Å². The van der Waals surface area contributed by atoms with Gasteiger partial charge in [-0.1, -0.05) is 84.9 Å². The molecule has 0 spiro atoms. The number of allylic oxidation sites excluding steroid dienone is 2. The Hall–Kier alpha value is -3.72. The first-order chi connectivity index (χ1) is 14.4. The Morgan fingerprint density at radius 1 is 0.655 bits per heavy atom. The minimum absolute atomic E-state index is 1.09. The molecule has 6 rings (SSSR count). The highest BCUT2D eigenvalue weighted by Gasteiger charge is 2.11. The number of anilines is 1. The van der Waals surface area contributed by atoms with E-state index in [-0.39, 0.29) is 0 Å². The summed E-state index contributed by atoms with van der Waals surface area (Å²) < 4.78 is 0. The topological polar surface area (TPSA) is 33.3 Å². The maximum absolute atomic E-state index is 4.55. The predicted molar refractivity (Wildman–Crippen MR) is 123 cm³/mol. The maximum atomic E-state index is 4.55. The molecule has 2 aliphatic heterocycles. The molecule has 3 nitrogen and oxygen atoms in total. The highest BCUT2D eigenvalue weighted by molar-refractivity contribution is 5.96. The first-order valence-corrected chi connectivity index (χ1v) is 9.83. The van der Waals surface area contributed by atoms with Crippen LogP contribution in [0.3, 0.4) is 0 Å². The molecule has 144 valence electrons. The highest BCUT2D eigenvalue weighted by Crippen LogP contribution is 2.30. The largest absolute Gasteiger partial charge is 0.391 e. The normalized spacial score (nSPS) is 13.1. The zero-order valence-electron chi connectivity index (χ0n) is 16.2. The predicted octanol–water partition coefficient (Wildman–Crippen LogP) is 6.20. The minimum Gasteiger partial charge on any atom is -0.391 e. The molecule has 4 aromatic rings. The molecular weight excluding hydrogens is 356 g/mol. The second-order valence-corrected chi connectivity index (χ2v) is 6.77. The van der Waals surface area contributed by atoms with E-state index in [1.54, 1.807) is 18.5 Å². The molecule has 0 aliphatic carbocycles. The lowest BCUT2D eigenvalue weighted by Crippen LogP contribution is -2.01. The van der Waals surface area contributed by atoms with E-state index in [4.69, 9.17) is 0 Å². The summed E-state index contributed by atoms with van der Waals surface area (Å²) in [6.45, 7) is 1.09. The second-order valence-electron chi connectivity index (χ2n) is 6.77. The lowest BCUT2D eigenvalue weighted by atomic mass is 10.0. The van der Waals surface area contributed by atoms with Gasteiger partial charge in [0.15, 0.2) is 0 Å². The van der Waals surface area contributed by atoms with Gasteiger partial charge in [0.1, 0.15) is 6.26 Å². The Kier molecular flexibility index (Phi) is 6.08. The molecule has 0 radical (unpaired) electrons. The van der Waals surface area contributed by atoms with Crippen LogP contribution < -0.4 is 10.8 Å². The van der Waals surface area contributed by atoms with E-state index in [0.29, 0.717) is 0 Å². The summed E-state index contributed by atoms with van der Waals surface area (Å²) in [6, 6.07) is 29.7. The van der Waals surface area contributed by atoms with Crippen molar-refractivity contribution >= 4 is 27.2 Å². The Morgan fingerprint density at radius 3 is 1.86 bits per heavy atom. The van der Waals surface area contributed by atoms with Crippen LogP contribution in [0.2, 0.25) is 0 Å². The summed E-state index contributed by atoms with van der Waals surface area (Å²) in [4.78, 5) is 4.55. The van der Waals surface area contributed by atoms with E-state index in [1.807, 2.05) is 6.08 Å². The molecular formula is C26H24N2O. The van der Waals surface area contributed by atoms with Crippen LogP contribution in [0.25, 0.3) is 21.5 Å². The van der Waals surface area contributed by atoms with Crippen molar-refractivity contribution in [1.82, 2.24) is 5.48 Å². The van der Waals surface area contributed by atoms with E-state index >= 15 is 0 Å². The first kappa shape index (κ1) is 18.6. The molecule has 2 N–H and O–H groups in total. The van der Waals surface area contributed by atoms with Gasteiger partial charge >= 0.3 is 0 Å². The molecule has 0 aromatic heterocycles. The monoisotopic (exact) mass is 380 g/mol. The fourth-order valence-corrected chi connectivity index (χ4v) is 3.45. The molecule has 0 unspecified atom stereocenters. The van der Waals surface area contributed by atoms with E-state index < -0.39 is 0 Å². The summed E-state index contributed by atoms with van der Waals surface area (Å²) in [7, 11) is 0. The van der Waals surface area contributed by atoms with Crippen LogP contribution in [0.1, 0.15) is 5.56 Å². The summed E-state index contributed by atoms with van der Waals surface area (Å²) in [5, 5.41) is 8.75. The minimum atomic E-state index is 1.09. The van der Waals surface area contributed by atoms with Crippen LogP contribution in [0, 0.1) is 0 Å². The lowest BCUT2D eigenvalue weighted by Gasteiger charge is -2.04. The van der Waals surface area contributed by atoms with Crippen molar-refractivity contribution in [1.29, 1.82) is 0 Å². The molecule has 29 heavy (non-hydrogen) atoms. The average molecular weight is 380 g/mol. The van der Waals surface area contributed by atoms with Gasteiger partial charge in [-0.3, -0.25) is 0 Å². The number of nitrogens with one attached hydrogen (secondary N) is 2. The Morgan fingerprint density at radius 2 is 1.31 bits per heavy atom. The fraction of sp³-hybridized carbons (Fsp3) is 0.0769. The molecule has 0 bridgehead atoms. The number of rotatable bonds is 0. The van der Waals surface area contributed by atoms with Crippen molar-refractivity contribution in [3.8, 4) is 0 Å². The van der Waals surface area contributed by atoms with E-state index in [2.05, 4.69) is 101 Å². The second kappa shape index (κ2) is 9.47. The fourth-order valence-electron chi connectivity index (χ4n) is 3.45. The van der Waals surface area contributed by atoms with Gasteiger partial charge in [0.2, 0.25) is 0 Å². The van der Waals surface area contributed by atoms with Crippen LogP contribution in [0.4, 0.5) is 5.69 Å². The van der Waals surface area contributed by atoms with Gasteiger partial charge in [0.05, 0.1) is 0 Å². The van der Waals surface area contributed by atoms with Crippen LogP contribution >= 0.6 is 0 Å². The molecule has 4 aromatic carbocycles. The van der Waals surface area contributed by atoms with Gasteiger partial charge in [-0.2, -0.15) is 0 Å². The Labute approximate surface area is 171 Å². The molecule has 0 amide bonds. The standard InChI is InChI=1S/C12H11N.C10H8.C4H5NO/c1-2-4-11-9(3-1)5-6-10-7-8-13-12(10)11;1-2-6-10-8-4-3-7-9(10)5-1;1-2-4-6-5-3-1/h1-6,13H,7-8H2;1-8H;1-5H. The first-order valence-electron chi connectivity index (χ1n) is 9.83. The summed E-state index contributed by atoms with van der Waals surface area (Å²) >= 11 is 0. The van der Waals surface area contributed by atoms with Gasteiger partial charge in [0.25, 0.3) is 0 Å². The summed E-state index contributed by atoms with van der Waals surface area (Å²) in [6.07, 6.45) is 8.10. The molecule has 2 heterocycles. The number of fused-ring (bicyclic) bond motifs is 4. The van der Waals surface area contributed by atoms with Gasteiger partial charge in [-0.05, 0) is 40.3 Å². The number of hydrogen-bond acceptors (Lipinski definition) is 3. The SMILES string of the molecule is C1=CNOC=C1.c1ccc2c3c(ccc2c1)CCN3.c1ccc2ccccc2c1. The third-order valence-electron chi connectivity index (χ3n) is 4.86. The Balaban J connectivity index is 0.000000114. The smallest absolute Gasteiger partial charge is 0.119 e. The number of benzene rings is 4. The van der Waals surface area contributed by atoms with Gasteiger partial charge in [-0.15, -0.1) is 0 Å². The third-order valence-corrected chi connectivity index (χ3v) is 4.86. The van der Waals surface area contributed by atoms with E-state index in [9.17, 15) is 0 Å². The summed E-state index contributed by atoms with van der Waals surface area (Å²) in [5.74, 6) is 0. The zero-order chi connectivity index (χ0) is 19.7. The number of hydrogen-bond donors (Lipinski definition) is 2. The Bertz CT molecular complexity index is 1070. The summed E-state index contributed by atoms with van der Waals surface area (Å²) in [5.41, 5.74) is 5.32. The van der Waals surface area contributed by atoms with Crippen LogP contribution in [-0.2, 0) is 11.3 Å². The van der Waals surface area contributed by atoms with Crippen molar-refractivity contribution in [3.63, 3.8) is 0 Å². The van der Waals surface area contributed by atoms with Gasteiger partial charge in [-0.25, -0.2) is 5.48 Å². The molecule has 0 saturated carbocycles. The van der Waals surface area contributed by atoms with Crippen LogP contribution in [0.5, 0.6) is 0 Å². The molecule has 3 heteroatoms. The quantitative estimate of drug-likeness (QED) is 0.381. The van der Waals surface area contributed by atoms with E-state index in [0.717, 1.165) is 6.54 Å². The molecule has 2 aliphatic rings. The lowest BCUT2D eigenvalue weighted by molar-refractivity contribution is 0.172. The van der Waals surface area contributed by atoms with Gasteiger partial charge < -0.3 is 10.2 Å². The third kappa shape index (κ3) is 4.77. The van der Waals surface area contributed by atoms with Crippen molar-refractivity contribution in [2.24, 2.45) is 0 Å². The molecule has 0 atom stereocenters. The maximum Gasteiger partial charge on any atom is 0.119 e. The van der Waals surface area contributed by atoms with E-state index in [1.165, 1.54) is 39.2 Å². The average Bonchev–Trinajstić information content (AvgIpc) is 3.31. The van der Waals surface area contributed by atoms with Crippen molar-refractivity contribution < 1.29 is 4.84 Å².